The van der Waals surface area contributed by atoms with Gasteiger partial charge in [0.1, 0.15) is 5.82 Å². The van der Waals surface area contributed by atoms with Crippen LogP contribution < -0.4 is 10.6 Å². The smallest absolute Gasteiger partial charge is 0.128 e. The first-order chi connectivity index (χ1) is 7.50. The number of anilines is 1. The summed E-state index contributed by atoms with van der Waals surface area (Å²) < 4.78 is 0. The first kappa shape index (κ1) is 12.5. The van der Waals surface area contributed by atoms with E-state index in [4.69, 9.17) is 11.1 Å². The van der Waals surface area contributed by atoms with Gasteiger partial charge in [0, 0.05) is 25.2 Å². The Morgan fingerprint density at radius 2 is 2.25 bits per heavy atom. The van der Waals surface area contributed by atoms with Gasteiger partial charge < -0.3 is 10.6 Å². The molecule has 0 bridgehead atoms. The lowest BCUT2D eigenvalue weighted by Crippen LogP contribution is -2.34. The minimum absolute atomic E-state index is 0.221. The zero-order valence-corrected chi connectivity index (χ0v) is 10.2. The summed E-state index contributed by atoms with van der Waals surface area (Å²) in [5.41, 5.74) is 6.58. The second kappa shape index (κ2) is 5.49. The van der Waals surface area contributed by atoms with Crippen LogP contribution in [0.15, 0.2) is 18.3 Å². The summed E-state index contributed by atoms with van der Waals surface area (Å²) in [5, 5.41) is 7.26. The van der Waals surface area contributed by atoms with Gasteiger partial charge in [0.05, 0.1) is 5.84 Å². The van der Waals surface area contributed by atoms with E-state index in [0.29, 0.717) is 12.5 Å². The summed E-state index contributed by atoms with van der Waals surface area (Å²) in [6.07, 6.45) is 2.39. The molecular weight excluding hydrogens is 200 g/mol. The lowest BCUT2D eigenvalue weighted by molar-refractivity contribution is 0.679. The number of pyridine rings is 1. The maximum Gasteiger partial charge on any atom is 0.128 e. The Morgan fingerprint density at radius 3 is 2.75 bits per heavy atom. The number of aromatic nitrogens is 1. The van der Waals surface area contributed by atoms with Gasteiger partial charge in [-0.1, -0.05) is 0 Å². The maximum atomic E-state index is 7.26. The average Bonchev–Trinajstić information content (AvgIpc) is 2.17. The molecule has 0 atom stereocenters. The highest BCUT2D eigenvalue weighted by atomic mass is 15.2. The molecule has 0 aliphatic carbocycles. The minimum atomic E-state index is 0.221. The molecule has 0 saturated carbocycles. The van der Waals surface area contributed by atoms with E-state index in [1.807, 2.05) is 12.3 Å². The van der Waals surface area contributed by atoms with Crippen LogP contribution in [0.1, 0.15) is 25.8 Å². The summed E-state index contributed by atoms with van der Waals surface area (Å²) in [6.45, 7) is 7.02. The molecule has 0 fully saturated rings. The van der Waals surface area contributed by atoms with Gasteiger partial charge in [0.15, 0.2) is 0 Å². The minimum Gasteiger partial charge on any atom is -0.388 e. The van der Waals surface area contributed by atoms with Crippen molar-refractivity contribution in [3.8, 4) is 0 Å². The number of hydrogen-bond acceptors (Lipinski definition) is 3. The predicted molar refractivity (Wildman–Crippen MR) is 68.0 cm³/mol. The Balaban J connectivity index is 2.81. The zero-order valence-electron chi connectivity index (χ0n) is 10.2. The third kappa shape index (κ3) is 3.53. The second-order valence-corrected chi connectivity index (χ2v) is 4.25. The number of nitrogens with zero attached hydrogens (tertiary/aromatic N) is 2. The number of amidine groups is 1. The van der Waals surface area contributed by atoms with E-state index in [1.54, 1.807) is 0 Å². The van der Waals surface area contributed by atoms with Gasteiger partial charge in [-0.3, -0.25) is 5.41 Å². The number of nitrogens with one attached hydrogen (secondary N) is 1. The molecule has 1 aromatic rings. The van der Waals surface area contributed by atoms with Gasteiger partial charge in [-0.15, -0.1) is 0 Å². The third-order valence-electron chi connectivity index (χ3n) is 2.44. The standard InChI is InChI=1S/C12H20N4/c1-9(2)16(7-5-11(13)14)12-8-10(3)4-6-15-12/h4,6,8-9H,5,7H2,1-3H3,(H3,13,14). The molecule has 1 rings (SSSR count). The van der Waals surface area contributed by atoms with Gasteiger partial charge in [-0.25, -0.2) is 4.98 Å². The Morgan fingerprint density at radius 1 is 1.56 bits per heavy atom. The normalized spacial score (nSPS) is 10.5. The van der Waals surface area contributed by atoms with Crippen LogP contribution in [0.4, 0.5) is 5.82 Å². The highest BCUT2D eigenvalue weighted by molar-refractivity contribution is 5.77. The summed E-state index contributed by atoms with van der Waals surface area (Å²) in [6, 6.07) is 4.39. The maximum absolute atomic E-state index is 7.26. The Kier molecular flexibility index (Phi) is 4.28. The molecule has 0 aliphatic heterocycles. The molecule has 0 unspecified atom stereocenters. The van der Waals surface area contributed by atoms with Crippen LogP contribution in [0, 0.1) is 12.3 Å². The molecule has 1 heterocycles. The average molecular weight is 220 g/mol. The van der Waals surface area contributed by atoms with Gasteiger partial charge >= 0.3 is 0 Å². The topological polar surface area (TPSA) is 66.0 Å². The van der Waals surface area contributed by atoms with E-state index in [2.05, 4.69) is 36.7 Å². The van der Waals surface area contributed by atoms with Crippen molar-refractivity contribution in [1.82, 2.24) is 4.98 Å². The molecule has 0 amide bonds. The summed E-state index contributed by atoms with van der Waals surface area (Å²) in [7, 11) is 0. The van der Waals surface area contributed by atoms with Gasteiger partial charge in [-0.2, -0.15) is 0 Å². The van der Waals surface area contributed by atoms with Crippen molar-refractivity contribution in [3.63, 3.8) is 0 Å². The molecular formula is C12H20N4. The lowest BCUT2D eigenvalue weighted by Gasteiger charge is -2.27. The van der Waals surface area contributed by atoms with Crippen LogP contribution in [0.3, 0.4) is 0 Å². The van der Waals surface area contributed by atoms with Crippen LogP contribution in [0.5, 0.6) is 0 Å². The highest BCUT2D eigenvalue weighted by Gasteiger charge is 2.11. The van der Waals surface area contributed by atoms with Crippen molar-refractivity contribution >= 4 is 11.7 Å². The van der Waals surface area contributed by atoms with E-state index in [1.165, 1.54) is 5.56 Å². The Labute approximate surface area is 97.0 Å². The summed E-state index contributed by atoms with van der Waals surface area (Å²) in [5.74, 6) is 1.18. The molecule has 0 aliphatic rings. The fraction of sp³-hybridized carbons (Fsp3) is 0.500. The van der Waals surface area contributed by atoms with E-state index >= 15 is 0 Å². The van der Waals surface area contributed by atoms with E-state index in [0.717, 1.165) is 12.4 Å². The fourth-order valence-corrected chi connectivity index (χ4v) is 1.56. The number of aryl methyl sites for hydroxylation is 1. The van der Waals surface area contributed by atoms with Crippen molar-refractivity contribution in [1.29, 1.82) is 5.41 Å². The van der Waals surface area contributed by atoms with Gasteiger partial charge in [0.2, 0.25) is 0 Å². The lowest BCUT2D eigenvalue weighted by atomic mass is 10.2. The fourth-order valence-electron chi connectivity index (χ4n) is 1.56. The quantitative estimate of drug-likeness (QED) is 0.588. The van der Waals surface area contributed by atoms with Crippen molar-refractivity contribution in [2.24, 2.45) is 5.73 Å². The third-order valence-corrected chi connectivity index (χ3v) is 2.44. The SMILES string of the molecule is Cc1ccnc(N(CCC(=N)N)C(C)C)c1. The highest BCUT2D eigenvalue weighted by Crippen LogP contribution is 2.15. The van der Waals surface area contributed by atoms with E-state index in [9.17, 15) is 0 Å². The molecule has 0 spiro atoms. The molecule has 0 aromatic carbocycles. The zero-order chi connectivity index (χ0) is 12.1. The molecule has 4 heteroatoms. The predicted octanol–water partition coefficient (Wildman–Crippen LogP) is 1.93. The van der Waals surface area contributed by atoms with Crippen molar-refractivity contribution in [3.05, 3.63) is 23.9 Å². The molecule has 4 nitrogen and oxygen atoms in total. The van der Waals surface area contributed by atoms with Crippen molar-refractivity contribution < 1.29 is 0 Å². The van der Waals surface area contributed by atoms with Crippen molar-refractivity contribution in [2.75, 3.05) is 11.4 Å². The second-order valence-electron chi connectivity index (χ2n) is 4.25. The number of nitrogens with two attached hydrogens (primary N) is 1. The first-order valence-corrected chi connectivity index (χ1v) is 5.53. The van der Waals surface area contributed by atoms with Crippen LogP contribution in [-0.2, 0) is 0 Å². The molecule has 16 heavy (non-hydrogen) atoms. The molecule has 0 saturated heterocycles. The summed E-state index contributed by atoms with van der Waals surface area (Å²) >= 11 is 0. The summed E-state index contributed by atoms with van der Waals surface area (Å²) in [4.78, 5) is 6.51. The number of rotatable bonds is 5. The molecule has 88 valence electrons. The molecule has 0 radical (unpaired) electrons. The number of hydrogen-bond donors (Lipinski definition) is 2. The van der Waals surface area contributed by atoms with Crippen LogP contribution in [0.25, 0.3) is 0 Å². The first-order valence-electron chi connectivity index (χ1n) is 5.53. The van der Waals surface area contributed by atoms with Gasteiger partial charge in [0.25, 0.3) is 0 Å². The van der Waals surface area contributed by atoms with Crippen LogP contribution in [0.2, 0.25) is 0 Å². The van der Waals surface area contributed by atoms with Gasteiger partial charge in [-0.05, 0) is 38.5 Å². The van der Waals surface area contributed by atoms with E-state index < -0.39 is 0 Å². The largest absolute Gasteiger partial charge is 0.388 e. The van der Waals surface area contributed by atoms with E-state index in [-0.39, 0.29) is 5.84 Å². The Bertz CT molecular complexity index is 360. The Hall–Kier alpha value is -1.58. The van der Waals surface area contributed by atoms with Crippen molar-refractivity contribution in [2.45, 2.75) is 33.2 Å². The monoisotopic (exact) mass is 220 g/mol. The van der Waals surface area contributed by atoms with Crippen LogP contribution in [-0.4, -0.2) is 23.4 Å². The van der Waals surface area contributed by atoms with Crippen LogP contribution >= 0.6 is 0 Å². The molecule has 3 N–H and O–H groups in total. The molecule has 1 aromatic heterocycles.